The van der Waals surface area contributed by atoms with E-state index in [9.17, 15) is 0 Å². The van der Waals surface area contributed by atoms with E-state index in [1.165, 1.54) is 60.8 Å². The first-order chi connectivity index (χ1) is 16.5. The minimum Gasteiger partial charge on any atom is -1.00 e. The van der Waals surface area contributed by atoms with Crippen LogP contribution in [0.3, 0.4) is 0 Å². The summed E-state index contributed by atoms with van der Waals surface area (Å²) in [5.74, 6) is 0.852. The van der Waals surface area contributed by atoms with Crippen molar-refractivity contribution in [2.24, 2.45) is 5.92 Å². The van der Waals surface area contributed by atoms with Gasteiger partial charge in [-0.15, -0.1) is 0 Å². The molecule has 198 valence electrons. The van der Waals surface area contributed by atoms with Crippen molar-refractivity contribution >= 4 is 6.48 Å². The molecule has 37 heavy (non-hydrogen) atoms. The van der Waals surface area contributed by atoms with Gasteiger partial charge >= 0.3 is 223 Å². The Morgan fingerprint density at radius 1 is 0.811 bits per heavy atom. The molecule has 3 aliphatic carbocycles. The SMILES string of the molecule is C/[C](C1CCCCC1)=[Zr+2](\[C]1=CC=CC1)[c]1cc(C(C)(C)C)cc2c1Cc1ccc(C(C)(C)C)cc1-2.[Cl-].[Cl-]. The molecule has 3 heteroatoms. The molecule has 0 radical (unpaired) electrons. The predicted molar refractivity (Wildman–Crippen MR) is 151 cm³/mol. The topological polar surface area (TPSA) is 0 Å². The van der Waals surface area contributed by atoms with Gasteiger partial charge in [-0.1, -0.05) is 0 Å². The van der Waals surface area contributed by atoms with E-state index in [1.807, 2.05) is 3.21 Å². The Morgan fingerprint density at radius 3 is 2.05 bits per heavy atom. The van der Waals surface area contributed by atoms with E-state index in [2.05, 4.69) is 97.0 Å². The zero-order chi connectivity index (χ0) is 25.0. The fourth-order valence-corrected chi connectivity index (χ4v) is 14.7. The van der Waals surface area contributed by atoms with Gasteiger partial charge in [0.15, 0.2) is 0 Å². The van der Waals surface area contributed by atoms with Crippen LogP contribution in [0.25, 0.3) is 11.1 Å². The van der Waals surface area contributed by atoms with Gasteiger partial charge < -0.3 is 24.8 Å². The van der Waals surface area contributed by atoms with Gasteiger partial charge in [0.1, 0.15) is 0 Å². The monoisotopic (exact) mass is 612 g/mol. The van der Waals surface area contributed by atoms with Crippen molar-refractivity contribution in [3.05, 3.63) is 74.1 Å². The van der Waals surface area contributed by atoms with E-state index in [1.54, 1.807) is 17.7 Å². The van der Waals surface area contributed by atoms with Crippen molar-refractivity contribution in [3.8, 4) is 11.1 Å². The third-order valence-corrected chi connectivity index (χ3v) is 16.6. The molecule has 2 aromatic carbocycles. The van der Waals surface area contributed by atoms with Crippen molar-refractivity contribution in [1.29, 1.82) is 0 Å². The van der Waals surface area contributed by atoms with Gasteiger partial charge in [-0.25, -0.2) is 0 Å². The Bertz CT molecular complexity index is 1240. The van der Waals surface area contributed by atoms with Crippen molar-refractivity contribution in [1.82, 2.24) is 0 Å². The van der Waals surface area contributed by atoms with E-state index >= 15 is 0 Å². The summed E-state index contributed by atoms with van der Waals surface area (Å²) in [6, 6.07) is 12.6. The zero-order valence-corrected chi connectivity index (χ0v) is 27.9. The molecule has 0 aromatic heterocycles. The van der Waals surface area contributed by atoms with E-state index in [0.29, 0.717) is 0 Å². The minimum atomic E-state index is -2.19. The molecule has 5 rings (SSSR count). The number of allylic oxidation sites excluding steroid dienone is 4. The van der Waals surface area contributed by atoms with Crippen molar-refractivity contribution in [2.75, 3.05) is 0 Å². The van der Waals surface area contributed by atoms with Crippen LogP contribution in [0.5, 0.6) is 0 Å². The van der Waals surface area contributed by atoms with Gasteiger partial charge in [0.2, 0.25) is 0 Å². The average Bonchev–Trinajstić information content (AvgIpc) is 3.46. The Morgan fingerprint density at radius 2 is 1.46 bits per heavy atom. The second kappa shape index (κ2) is 11.8. The largest absolute Gasteiger partial charge is 1.00 e. The van der Waals surface area contributed by atoms with Crippen LogP contribution < -0.4 is 28.1 Å². The van der Waals surface area contributed by atoms with Gasteiger partial charge in [-0.3, -0.25) is 0 Å². The standard InChI is InChI=1S/C21H25.C8H14.C5H5.2ClH.Zr/c1-20(2,3)16-9-7-14-11-15-8-10-17(21(4,5)6)13-19(15)18(14)12-16;1-2-8-6-4-3-5-7-8;1-2-4-5-3-1;;;/h7,9-10,12-13H,11H2,1-6H3;8H,3-7H2,1H3;1-3H,4H2;2*1H;/q;;;;;+2/p-2. The van der Waals surface area contributed by atoms with E-state index in [-0.39, 0.29) is 35.6 Å². The Labute approximate surface area is 246 Å². The fraction of sp³-hybridized carbons (Fsp3) is 0.500. The smallest absolute Gasteiger partial charge is 1.00 e. The molecule has 0 bridgehead atoms. The molecular weight excluding hydrogens is 571 g/mol. The number of hydrogen-bond donors (Lipinski definition) is 0. The van der Waals surface area contributed by atoms with Crippen LogP contribution in [0.15, 0.2) is 51.8 Å². The molecule has 1 saturated carbocycles. The first-order valence-electron chi connectivity index (χ1n) is 13.9. The molecule has 0 N–H and O–H groups in total. The zero-order valence-electron chi connectivity index (χ0n) is 23.9. The maximum absolute atomic E-state index is 2.69. The molecular formula is C34H44Cl2Zr. The van der Waals surface area contributed by atoms with Crippen LogP contribution >= 0.6 is 0 Å². The predicted octanol–water partition coefficient (Wildman–Crippen LogP) is 2.72. The molecule has 1 fully saturated rings. The van der Waals surface area contributed by atoms with E-state index in [0.717, 1.165) is 12.3 Å². The van der Waals surface area contributed by atoms with Gasteiger partial charge in [0, 0.05) is 0 Å². The Kier molecular flexibility index (Phi) is 9.80. The van der Waals surface area contributed by atoms with Crippen LogP contribution in [0.1, 0.15) is 109 Å². The number of hydrogen-bond acceptors (Lipinski definition) is 0. The summed E-state index contributed by atoms with van der Waals surface area (Å²) in [5.41, 5.74) is 9.59. The molecule has 3 aliphatic rings. The minimum absolute atomic E-state index is 0. The summed E-state index contributed by atoms with van der Waals surface area (Å²) < 4.78 is 5.51. The molecule has 0 spiro atoms. The summed E-state index contributed by atoms with van der Waals surface area (Å²) in [5, 5.41) is 0. The van der Waals surface area contributed by atoms with Gasteiger partial charge in [-0.05, 0) is 0 Å². The third kappa shape index (κ3) is 6.21. The number of benzene rings is 2. The summed E-state index contributed by atoms with van der Waals surface area (Å²) >= 11 is -2.19. The van der Waals surface area contributed by atoms with E-state index in [4.69, 9.17) is 0 Å². The first-order valence-corrected chi connectivity index (χ1v) is 17.6. The summed E-state index contributed by atoms with van der Waals surface area (Å²) in [4.78, 5) is 0. The Balaban J connectivity index is 0.00000190. The molecule has 0 amide bonds. The summed E-state index contributed by atoms with van der Waals surface area (Å²) in [7, 11) is 0. The number of fused-ring (bicyclic) bond motifs is 3. The van der Waals surface area contributed by atoms with Crippen LogP contribution in [-0.2, 0) is 38.5 Å². The number of rotatable bonds is 3. The fourth-order valence-electron chi connectivity index (χ4n) is 6.41. The third-order valence-electron chi connectivity index (χ3n) is 8.72. The second-order valence-electron chi connectivity index (χ2n) is 13.3. The molecule has 2 aromatic rings. The van der Waals surface area contributed by atoms with Crippen molar-refractivity contribution in [2.45, 2.75) is 104 Å². The maximum atomic E-state index is 2.69. The summed E-state index contributed by atoms with van der Waals surface area (Å²) in [6.07, 6.45) is 16.7. The van der Waals surface area contributed by atoms with Gasteiger partial charge in [-0.2, -0.15) is 0 Å². The second-order valence-corrected chi connectivity index (χ2v) is 20.0. The molecule has 0 nitrogen and oxygen atoms in total. The maximum Gasteiger partial charge on any atom is -1.00 e. The van der Waals surface area contributed by atoms with Gasteiger partial charge in [0.05, 0.1) is 0 Å². The van der Waals surface area contributed by atoms with Gasteiger partial charge in [0.25, 0.3) is 0 Å². The van der Waals surface area contributed by atoms with Crippen LogP contribution in [0.4, 0.5) is 0 Å². The molecule has 0 unspecified atom stereocenters. The first kappa shape index (κ1) is 30.8. The van der Waals surface area contributed by atoms with Crippen LogP contribution in [-0.4, -0.2) is 3.21 Å². The quantitative estimate of drug-likeness (QED) is 0.426. The molecule has 0 heterocycles. The molecule has 0 aliphatic heterocycles. The Hall–Kier alpha value is -0.747. The molecule has 0 atom stereocenters. The van der Waals surface area contributed by atoms with Crippen molar-refractivity contribution < 1.29 is 46.1 Å². The number of halogens is 2. The van der Waals surface area contributed by atoms with Crippen molar-refractivity contribution in [3.63, 3.8) is 0 Å². The van der Waals surface area contributed by atoms with Crippen LogP contribution in [0.2, 0.25) is 0 Å². The van der Waals surface area contributed by atoms with E-state index < -0.39 is 21.3 Å². The summed E-state index contributed by atoms with van der Waals surface area (Å²) in [6.45, 7) is 16.8. The molecule has 0 saturated heterocycles. The average molecular weight is 615 g/mol. The van der Waals surface area contributed by atoms with Crippen LogP contribution in [0, 0.1) is 5.92 Å². The normalized spacial score (nSPS) is 17.4.